The lowest BCUT2D eigenvalue weighted by molar-refractivity contribution is 0.203. The Hall–Kier alpha value is -1.16. The Balaban J connectivity index is 2.58. The fourth-order valence-corrected chi connectivity index (χ4v) is 1.60. The van der Waals surface area contributed by atoms with Gasteiger partial charge in [0.15, 0.2) is 0 Å². The summed E-state index contributed by atoms with van der Waals surface area (Å²) >= 11 is 0. The molecule has 3 heteroatoms. The van der Waals surface area contributed by atoms with Crippen LogP contribution in [-0.4, -0.2) is 29.7 Å². The van der Waals surface area contributed by atoms with Crippen LogP contribution in [0.1, 0.15) is 11.1 Å². The van der Waals surface area contributed by atoms with E-state index in [9.17, 15) is 0 Å². The van der Waals surface area contributed by atoms with E-state index < -0.39 is 0 Å². The van der Waals surface area contributed by atoms with E-state index in [1.807, 2.05) is 18.2 Å². The van der Waals surface area contributed by atoms with Gasteiger partial charge in [-0.05, 0) is 11.1 Å². The number of rotatable bonds is 7. The highest BCUT2D eigenvalue weighted by Gasteiger charge is 2.03. The van der Waals surface area contributed by atoms with Gasteiger partial charge in [0, 0.05) is 26.2 Å². The molecule has 88 valence electrons. The second-order valence-electron chi connectivity index (χ2n) is 3.77. The first-order valence-corrected chi connectivity index (χ1v) is 5.52. The summed E-state index contributed by atoms with van der Waals surface area (Å²) in [6.45, 7) is 6.76. The summed E-state index contributed by atoms with van der Waals surface area (Å²) in [5.74, 6) is 0. The van der Waals surface area contributed by atoms with E-state index in [1.54, 1.807) is 0 Å². The molecule has 0 amide bonds. The molecular weight excluding hydrogens is 200 g/mol. The van der Waals surface area contributed by atoms with Gasteiger partial charge in [-0.3, -0.25) is 4.90 Å². The van der Waals surface area contributed by atoms with Crippen molar-refractivity contribution in [1.29, 1.82) is 0 Å². The molecule has 1 aromatic rings. The highest BCUT2D eigenvalue weighted by atomic mass is 16.3. The van der Waals surface area contributed by atoms with E-state index in [-0.39, 0.29) is 6.61 Å². The number of nitrogens with two attached hydrogens (primary N) is 1. The van der Waals surface area contributed by atoms with Crippen LogP contribution in [0.15, 0.2) is 36.9 Å². The second-order valence-corrected chi connectivity index (χ2v) is 3.77. The zero-order chi connectivity index (χ0) is 11.8. The summed E-state index contributed by atoms with van der Waals surface area (Å²) in [5, 5.41) is 8.93. The Morgan fingerprint density at radius 2 is 1.88 bits per heavy atom. The first kappa shape index (κ1) is 12.9. The van der Waals surface area contributed by atoms with Crippen molar-refractivity contribution in [3.8, 4) is 0 Å². The maximum Gasteiger partial charge on any atom is 0.0558 e. The zero-order valence-corrected chi connectivity index (χ0v) is 9.60. The van der Waals surface area contributed by atoms with Crippen LogP contribution in [0.25, 0.3) is 0 Å². The molecule has 16 heavy (non-hydrogen) atoms. The van der Waals surface area contributed by atoms with Gasteiger partial charge >= 0.3 is 0 Å². The third-order valence-corrected chi connectivity index (χ3v) is 2.47. The molecule has 0 atom stereocenters. The van der Waals surface area contributed by atoms with Crippen molar-refractivity contribution in [3.63, 3.8) is 0 Å². The lowest BCUT2D eigenvalue weighted by atomic mass is 10.1. The number of hydrogen-bond acceptors (Lipinski definition) is 3. The number of hydrogen-bond donors (Lipinski definition) is 2. The molecule has 0 aliphatic carbocycles. The van der Waals surface area contributed by atoms with Gasteiger partial charge in [0.1, 0.15) is 0 Å². The Bertz CT molecular complexity index is 308. The minimum Gasteiger partial charge on any atom is -0.395 e. The van der Waals surface area contributed by atoms with Gasteiger partial charge in [-0.15, -0.1) is 6.58 Å². The second kappa shape index (κ2) is 7.17. The van der Waals surface area contributed by atoms with Crippen molar-refractivity contribution in [2.24, 2.45) is 5.73 Å². The van der Waals surface area contributed by atoms with Gasteiger partial charge in [0.2, 0.25) is 0 Å². The molecule has 0 aliphatic heterocycles. The first-order chi connectivity index (χ1) is 7.80. The third-order valence-electron chi connectivity index (χ3n) is 2.47. The molecule has 0 aliphatic rings. The maximum absolute atomic E-state index is 8.93. The van der Waals surface area contributed by atoms with Crippen LogP contribution >= 0.6 is 0 Å². The fourth-order valence-electron chi connectivity index (χ4n) is 1.60. The summed E-state index contributed by atoms with van der Waals surface area (Å²) in [7, 11) is 0. The van der Waals surface area contributed by atoms with Gasteiger partial charge in [0.05, 0.1) is 6.61 Å². The van der Waals surface area contributed by atoms with Crippen molar-refractivity contribution >= 4 is 0 Å². The molecule has 0 heterocycles. The Morgan fingerprint density at radius 3 is 2.38 bits per heavy atom. The van der Waals surface area contributed by atoms with E-state index in [0.29, 0.717) is 13.1 Å². The van der Waals surface area contributed by atoms with Crippen molar-refractivity contribution < 1.29 is 5.11 Å². The van der Waals surface area contributed by atoms with Crippen LogP contribution in [0.5, 0.6) is 0 Å². The van der Waals surface area contributed by atoms with Gasteiger partial charge in [-0.2, -0.15) is 0 Å². The van der Waals surface area contributed by atoms with Crippen LogP contribution in [-0.2, 0) is 13.1 Å². The smallest absolute Gasteiger partial charge is 0.0558 e. The highest BCUT2D eigenvalue weighted by Crippen LogP contribution is 2.07. The van der Waals surface area contributed by atoms with Crippen LogP contribution in [0.3, 0.4) is 0 Å². The molecular formula is C13H20N2O. The average Bonchev–Trinajstić information content (AvgIpc) is 2.31. The minimum absolute atomic E-state index is 0.175. The molecule has 1 rings (SSSR count). The third kappa shape index (κ3) is 4.14. The summed E-state index contributed by atoms with van der Waals surface area (Å²) in [6, 6.07) is 8.24. The molecule has 0 fully saturated rings. The zero-order valence-electron chi connectivity index (χ0n) is 9.60. The predicted octanol–water partition coefficient (Wildman–Crippen LogP) is 1.13. The molecule has 1 aromatic carbocycles. The van der Waals surface area contributed by atoms with Gasteiger partial charge in [-0.25, -0.2) is 0 Å². The van der Waals surface area contributed by atoms with Crippen molar-refractivity contribution in [1.82, 2.24) is 4.90 Å². The maximum atomic E-state index is 8.93. The number of aliphatic hydroxyl groups excluding tert-OH is 1. The van der Waals surface area contributed by atoms with Gasteiger partial charge < -0.3 is 10.8 Å². The van der Waals surface area contributed by atoms with Crippen LogP contribution in [0.2, 0.25) is 0 Å². The fraction of sp³-hybridized carbons (Fsp3) is 0.385. The Labute approximate surface area is 97.2 Å². The van der Waals surface area contributed by atoms with Gasteiger partial charge in [0.25, 0.3) is 0 Å². The molecule has 0 saturated heterocycles. The summed E-state index contributed by atoms with van der Waals surface area (Å²) in [6.07, 6.45) is 1.85. The minimum atomic E-state index is 0.175. The lowest BCUT2D eigenvalue weighted by Gasteiger charge is -2.19. The van der Waals surface area contributed by atoms with E-state index in [1.165, 1.54) is 5.56 Å². The van der Waals surface area contributed by atoms with Crippen LogP contribution in [0.4, 0.5) is 0 Å². The number of nitrogens with zero attached hydrogens (tertiary/aromatic N) is 1. The normalized spacial score (nSPS) is 10.7. The van der Waals surface area contributed by atoms with Crippen molar-refractivity contribution in [2.75, 3.05) is 19.7 Å². The summed E-state index contributed by atoms with van der Waals surface area (Å²) < 4.78 is 0. The monoisotopic (exact) mass is 220 g/mol. The molecule has 3 N–H and O–H groups in total. The van der Waals surface area contributed by atoms with Crippen molar-refractivity contribution in [2.45, 2.75) is 13.1 Å². The molecule has 0 bridgehead atoms. The van der Waals surface area contributed by atoms with Crippen molar-refractivity contribution in [3.05, 3.63) is 48.0 Å². The highest BCUT2D eigenvalue weighted by molar-refractivity contribution is 5.22. The lowest BCUT2D eigenvalue weighted by Crippen LogP contribution is -2.26. The topological polar surface area (TPSA) is 49.5 Å². The Kier molecular flexibility index (Phi) is 5.78. The standard InChI is InChI=1S/C13H20N2O/c1-2-7-15(8-9-16)11-13-5-3-12(10-14)4-6-13/h2-6,16H,1,7-11,14H2. The largest absolute Gasteiger partial charge is 0.395 e. The summed E-state index contributed by atoms with van der Waals surface area (Å²) in [5.41, 5.74) is 7.91. The SMILES string of the molecule is C=CCN(CCO)Cc1ccc(CN)cc1. The molecule has 0 saturated carbocycles. The van der Waals surface area contributed by atoms with Crippen LogP contribution < -0.4 is 5.73 Å². The predicted molar refractivity (Wildman–Crippen MR) is 66.9 cm³/mol. The first-order valence-electron chi connectivity index (χ1n) is 5.52. The molecule has 3 nitrogen and oxygen atoms in total. The number of aliphatic hydroxyl groups is 1. The Morgan fingerprint density at radius 1 is 1.25 bits per heavy atom. The molecule has 0 radical (unpaired) electrons. The van der Waals surface area contributed by atoms with E-state index in [2.05, 4.69) is 23.6 Å². The quantitative estimate of drug-likeness (QED) is 0.677. The molecule has 0 spiro atoms. The van der Waals surface area contributed by atoms with E-state index >= 15 is 0 Å². The summed E-state index contributed by atoms with van der Waals surface area (Å²) in [4.78, 5) is 2.14. The van der Waals surface area contributed by atoms with E-state index in [4.69, 9.17) is 10.8 Å². The van der Waals surface area contributed by atoms with Crippen LogP contribution in [0, 0.1) is 0 Å². The number of benzene rings is 1. The van der Waals surface area contributed by atoms with Gasteiger partial charge in [-0.1, -0.05) is 30.3 Å². The molecule has 0 aromatic heterocycles. The molecule has 0 unspecified atom stereocenters. The average molecular weight is 220 g/mol. The van der Waals surface area contributed by atoms with E-state index in [0.717, 1.165) is 18.7 Å².